The summed E-state index contributed by atoms with van der Waals surface area (Å²) < 4.78 is 16.5. The third-order valence-corrected chi connectivity index (χ3v) is 7.94. The molecule has 0 atom stereocenters. The van der Waals surface area contributed by atoms with E-state index in [0.29, 0.717) is 11.5 Å². The number of carbonyl (C=O) groups excluding carboxylic acids is 1. The van der Waals surface area contributed by atoms with Crippen molar-refractivity contribution in [1.29, 1.82) is 0 Å². The van der Waals surface area contributed by atoms with Gasteiger partial charge < -0.3 is 14.2 Å². The van der Waals surface area contributed by atoms with Crippen LogP contribution in [0, 0.1) is 23.2 Å². The number of esters is 1. The molecule has 0 unspecified atom stereocenters. The maximum absolute atomic E-state index is 13.0. The number of hydrogen-bond donors (Lipinski definition) is 0. The van der Waals surface area contributed by atoms with Crippen molar-refractivity contribution in [1.82, 2.24) is 4.98 Å². The number of aromatic nitrogens is 1. The molecule has 0 radical (unpaired) electrons. The fourth-order valence-electron chi connectivity index (χ4n) is 6.13. The lowest BCUT2D eigenvalue weighted by molar-refractivity contribution is -0.173. The Bertz CT molecular complexity index is 886. The minimum absolute atomic E-state index is 0.0114. The Kier molecular flexibility index (Phi) is 4.77. The van der Waals surface area contributed by atoms with Crippen molar-refractivity contribution >= 4 is 17.3 Å². The Morgan fingerprint density at radius 1 is 1.07 bits per heavy atom. The van der Waals surface area contributed by atoms with Gasteiger partial charge in [-0.2, -0.15) is 0 Å². The van der Waals surface area contributed by atoms with Crippen LogP contribution >= 0.6 is 11.3 Å². The predicted molar refractivity (Wildman–Crippen MR) is 111 cm³/mol. The first kappa shape index (κ1) is 18.9. The zero-order valence-electron chi connectivity index (χ0n) is 17.0. The molecule has 0 saturated heterocycles. The Hall–Kier alpha value is -2.08. The summed E-state index contributed by atoms with van der Waals surface area (Å²) in [4.78, 5) is 17.7. The normalized spacial score (nSPS) is 29.7. The average Bonchev–Trinajstić information content (AvgIpc) is 3.19. The van der Waals surface area contributed by atoms with Gasteiger partial charge in [0.1, 0.15) is 11.6 Å². The van der Waals surface area contributed by atoms with Gasteiger partial charge in [-0.25, -0.2) is 4.98 Å². The first-order valence-corrected chi connectivity index (χ1v) is 11.3. The molecular weight excluding hydrogens is 386 g/mol. The van der Waals surface area contributed by atoms with Gasteiger partial charge in [0.2, 0.25) is 0 Å². The van der Waals surface area contributed by atoms with Crippen molar-refractivity contribution in [3.8, 4) is 22.1 Å². The lowest BCUT2D eigenvalue weighted by Gasteiger charge is -2.55. The van der Waals surface area contributed by atoms with Crippen LogP contribution in [0.4, 0.5) is 0 Å². The number of hydrogen-bond acceptors (Lipinski definition) is 6. The fraction of sp³-hybridized carbons (Fsp3) is 0.565. The van der Waals surface area contributed by atoms with Crippen LogP contribution in [0.2, 0.25) is 0 Å². The summed E-state index contributed by atoms with van der Waals surface area (Å²) in [5.74, 6) is 3.60. The third kappa shape index (κ3) is 3.41. The molecule has 5 nitrogen and oxygen atoms in total. The Labute approximate surface area is 175 Å². The number of methoxy groups -OCH3 is 2. The highest BCUT2D eigenvalue weighted by Gasteiger charge is 2.55. The SMILES string of the molecule is COc1ccc(-c2nc(COC(=O)C34CC5CC(CC(C5)C3)C4)cs2)cc1OC. The lowest BCUT2D eigenvalue weighted by atomic mass is 9.49. The van der Waals surface area contributed by atoms with Gasteiger partial charge >= 0.3 is 5.97 Å². The van der Waals surface area contributed by atoms with Crippen molar-refractivity contribution in [2.24, 2.45) is 23.2 Å². The molecule has 154 valence electrons. The maximum Gasteiger partial charge on any atom is 0.312 e. The minimum Gasteiger partial charge on any atom is -0.493 e. The number of ether oxygens (including phenoxy) is 3. The molecule has 0 amide bonds. The van der Waals surface area contributed by atoms with Crippen molar-refractivity contribution in [2.45, 2.75) is 45.1 Å². The summed E-state index contributed by atoms with van der Waals surface area (Å²) in [6.07, 6.45) is 7.08. The highest BCUT2D eigenvalue weighted by atomic mass is 32.1. The van der Waals surface area contributed by atoms with Crippen LogP contribution in [0.25, 0.3) is 10.6 Å². The Morgan fingerprint density at radius 2 is 1.72 bits per heavy atom. The third-order valence-electron chi connectivity index (χ3n) is 7.00. The summed E-state index contributed by atoms with van der Waals surface area (Å²) in [6.45, 7) is 0.254. The number of thiazole rings is 1. The molecule has 0 N–H and O–H groups in total. The number of nitrogens with zero attached hydrogens (tertiary/aromatic N) is 1. The summed E-state index contributed by atoms with van der Waals surface area (Å²) >= 11 is 1.55. The van der Waals surface area contributed by atoms with Crippen LogP contribution < -0.4 is 9.47 Å². The van der Waals surface area contributed by atoms with E-state index < -0.39 is 0 Å². The van der Waals surface area contributed by atoms with E-state index in [2.05, 4.69) is 4.98 Å². The molecule has 29 heavy (non-hydrogen) atoms. The van der Waals surface area contributed by atoms with Crippen molar-refractivity contribution in [3.05, 3.63) is 29.3 Å². The van der Waals surface area contributed by atoms with Crippen molar-refractivity contribution < 1.29 is 19.0 Å². The molecule has 1 aromatic heterocycles. The van der Waals surface area contributed by atoms with E-state index in [9.17, 15) is 4.79 Å². The number of rotatable bonds is 6. The molecule has 4 fully saturated rings. The second-order valence-electron chi connectivity index (χ2n) is 8.99. The van der Waals surface area contributed by atoms with Crippen LogP contribution in [0.5, 0.6) is 11.5 Å². The summed E-state index contributed by atoms with van der Waals surface area (Å²) in [5.41, 5.74) is 1.56. The number of benzene rings is 1. The van der Waals surface area contributed by atoms with Gasteiger partial charge in [-0.3, -0.25) is 4.79 Å². The van der Waals surface area contributed by atoms with Crippen LogP contribution in [0.1, 0.15) is 44.2 Å². The summed E-state index contributed by atoms with van der Waals surface area (Å²) in [7, 11) is 3.25. The quantitative estimate of drug-likeness (QED) is 0.618. The van der Waals surface area contributed by atoms with E-state index in [-0.39, 0.29) is 18.0 Å². The van der Waals surface area contributed by atoms with Gasteiger partial charge in [0, 0.05) is 10.9 Å². The largest absolute Gasteiger partial charge is 0.493 e. The van der Waals surface area contributed by atoms with E-state index in [4.69, 9.17) is 14.2 Å². The van der Waals surface area contributed by atoms with Gasteiger partial charge in [0.15, 0.2) is 11.5 Å². The Morgan fingerprint density at radius 3 is 2.34 bits per heavy atom. The molecule has 1 aromatic carbocycles. The number of carbonyl (C=O) groups is 1. The molecule has 2 aromatic rings. The lowest BCUT2D eigenvalue weighted by Crippen LogP contribution is -2.50. The van der Waals surface area contributed by atoms with Gasteiger partial charge in [-0.1, -0.05) is 0 Å². The molecule has 1 heterocycles. The van der Waals surface area contributed by atoms with Gasteiger partial charge in [0.25, 0.3) is 0 Å². The summed E-state index contributed by atoms with van der Waals surface area (Å²) in [5, 5.41) is 2.85. The van der Waals surface area contributed by atoms with E-state index in [0.717, 1.165) is 53.3 Å². The zero-order valence-corrected chi connectivity index (χ0v) is 17.8. The highest BCUT2D eigenvalue weighted by Crippen LogP contribution is 2.60. The van der Waals surface area contributed by atoms with E-state index in [1.54, 1.807) is 25.6 Å². The van der Waals surface area contributed by atoms with E-state index in [1.807, 2.05) is 23.6 Å². The molecular formula is C23H27NO4S. The monoisotopic (exact) mass is 413 g/mol. The summed E-state index contributed by atoms with van der Waals surface area (Å²) in [6, 6.07) is 5.76. The molecule has 0 aliphatic heterocycles. The molecule has 4 aliphatic rings. The highest BCUT2D eigenvalue weighted by molar-refractivity contribution is 7.13. The van der Waals surface area contributed by atoms with Crippen molar-refractivity contribution in [2.75, 3.05) is 14.2 Å². The van der Waals surface area contributed by atoms with Crippen LogP contribution in [-0.2, 0) is 16.1 Å². The Balaban J connectivity index is 1.26. The van der Waals surface area contributed by atoms with Crippen LogP contribution in [-0.4, -0.2) is 25.2 Å². The molecule has 4 bridgehead atoms. The molecule has 0 spiro atoms. The molecule has 6 heteroatoms. The topological polar surface area (TPSA) is 57.7 Å². The first-order chi connectivity index (χ1) is 14.1. The fourth-order valence-corrected chi connectivity index (χ4v) is 6.93. The second kappa shape index (κ2) is 7.31. The smallest absolute Gasteiger partial charge is 0.312 e. The van der Waals surface area contributed by atoms with Crippen LogP contribution in [0.3, 0.4) is 0 Å². The predicted octanol–water partition coefficient (Wildman–Crippen LogP) is 5.09. The first-order valence-electron chi connectivity index (χ1n) is 10.4. The molecule has 4 aliphatic carbocycles. The maximum atomic E-state index is 13.0. The minimum atomic E-state index is -0.211. The van der Waals surface area contributed by atoms with E-state index in [1.165, 1.54) is 19.3 Å². The van der Waals surface area contributed by atoms with Gasteiger partial charge in [-0.05, 0) is 74.5 Å². The standard InChI is InChI=1S/C23H27NO4S/c1-26-19-4-3-17(8-20(19)27-2)21-24-18(13-29-21)12-28-22(25)23-9-14-5-15(10-23)7-16(6-14)11-23/h3-4,8,13-16H,5-7,9-12H2,1-2H3. The zero-order chi connectivity index (χ0) is 20.0. The molecule has 6 rings (SSSR count). The van der Waals surface area contributed by atoms with E-state index >= 15 is 0 Å². The van der Waals surface area contributed by atoms with Crippen LogP contribution in [0.15, 0.2) is 23.6 Å². The molecule has 4 saturated carbocycles. The van der Waals surface area contributed by atoms with Gasteiger partial charge in [0.05, 0.1) is 25.3 Å². The van der Waals surface area contributed by atoms with Gasteiger partial charge in [-0.15, -0.1) is 11.3 Å². The average molecular weight is 414 g/mol. The van der Waals surface area contributed by atoms with Crippen molar-refractivity contribution in [3.63, 3.8) is 0 Å². The second-order valence-corrected chi connectivity index (χ2v) is 9.85.